The van der Waals surface area contributed by atoms with Crippen LogP contribution >= 0.6 is 23.2 Å². The summed E-state index contributed by atoms with van der Waals surface area (Å²) in [4.78, 5) is 3.96. The van der Waals surface area contributed by atoms with Crippen LogP contribution in [0.4, 0.5) is 0 Å². The molecule has 0 saturated heterocycles. The first-order valence-electron chi connectivity index (χ1n) is 7.98. The van der Waals surface area contributed by atoms with Crippen molar-refractivity contribution < 1.29 is 0 Å². The number of hydrogen-bond donors (Lipinski definition) is 0. The highest BCUT2D eigenvalue weighted by molar-refractivity contribution is 6.35. The smallest absolute Gasteiger partial charge is 0.137 e. The van der Waals surface area contributed by atoms with Crippen molar-refractivity contribution in [1.29, 1.82) is 0 Å². The maximum atomic E-state index is 6.27. The molecule has 3 aromatic rings. The molecule has 0 radical (unpaired) electrons. The maximum absolute atomic E-state index is 6.27. The molecule has 0 spiro atoms. The molecular weight excluding hydrogens is 341 g/mol. The Morgan fingerprint density at radius 1 is 1.04 bits per heavy atom. The Bertz CT molecular complexity index is 673. The van der Waals surface area contributed by atoms with Gasteiger partial charge >= 0.3 is 0 Å². The Balaban J connectivity index is 0.000000292. The quantitative estimate of drug-likeness (QED) is 0.570. The SMILES string of the molecule is CCCC(Cn1cncn1)c1ccc(Cl)cc1Cl.c1ccccc1. The lowest BCUT2D eigenvalue weighted by molar-refractivity contribution is 0.484. The molecule has 5 heteroatoms. The van der Waals surface area contributed by atoms with Crippen molar-refractivity contribution >= 4 is 23.2 Å². The Kier molecular flexibility index (Phi) is 7.80. The summed E-state index contributed by atoms with van der Waals surface area (Å²) in [6, 6.07) is 17.7. The molecule has 1 atom stereocenters. The summed E-state index contributed by atoms with van der Waals surface area (Å²) >= 11 is 12.2. The van der Waals surface area contributed by atoms with Gasteiger partial charge in [-0.3, -0.25) is 4.68 Å². The Morgan fingerprint density at radius 2 is 1.71 bits per heavy atom. The van der Waals surface area contributed by atoms with E-state index in [0.717, 1.165) is 30.0 Å². The first-order chi connectivity index (χ1) is 11.7. The van der Waals surface area contributed by atoms with Crippen molar-refractivity contribution in [3.05, 3.63) is 82.9 Å². The molecule has 0 aliphatic rings. The Labute approximate surface area is 153 Å². The lowest BCUT2D eigenvalue weighted by atomic mass is 9.94. The molecule has 2 aromatic carbocycles. The van der Waals surface area contributed by atoms with Gasteiger partial charge in [-0.25, -0.2) is 4.98 Å². The molecule has 1 aromatic heterocycles. The second-order valence-electron chi connectivity index (χ2n) is 5.42. The highest BCUT2D eigenvalue weighted by Crippen LogP contribution is 2.31. The minimum atomic E-state index is 0.335. The predicted molar refractivity (Wildman–Crippen MR) is 101 cm³/mol. The standard InChI is InChI=1S/C13H15Cl2N3.C6H6/c1-2-3-10(7-18-9-16-8-17-18)12-5-4-11(14)6-13(12)15;1-2-4-6-5-3-1/h4-6,8-10H,2-3,7H2,1H3;1-6H. The largest absolute Gasteiger partial charge is 0.252 e. The van der Waals surface area contributed by atoms with Crippen molar-refractivity contribution in [2.24, 2.45) is 0 Å². The molecule has 126 valence electrons. The molecule has 0 aliphatic heterocycles. The summed E-state index contributed by atoms with van der Waals surface area (Å²) in [5.41, 5.74) is 1.12. The summed E-state index contributed by atoms with van der Waals surface area (Å²) in [6.45, 7) is 2.95. The van der Waals surface area contributed by atoms with Gasteiger partial charge in [0.05, 0.1) is 0 Å². The minimum absolute atomic E-state index is 0.335. The molecule has 0 amide bonds. The lowest BCUT2D eigenvalue weighted by Crippen LogP contribution is -2.10. The van der Waals surface area contributed by atoms with Crippen LogP contribution in [0.2, 0.25) is 10.0 Å². The average molecular weight is 362 g/mol. The molecule has 3 nitrogen and oxygen atoms in total. The highest BCUT2D eigenvalue weighted by atomic mass is 35.5. The predicted octanol–water partition coefficient (Wildman–Crippen LogP) is 5.86. The molecule has 0 aliphatic carbocycles. The van der Waals surface area contributed by atoms with E-state index < -0.39 is 0 Å². The van der Waals surface area contributed by atoms with Crippen molar-refractivity contribution in [3.63, 3.8) is 0 Å². The van der Waals surface area contributed by atoms with E-state index >= 15 is 0 Å². The molecule has 24 heavy (non-hydrogen) atoms. The van der Waals surface area contributed by atoms with Gasteiger partial charge in [0, 0.05) is 22.5 Å². The third-order valence-corrected chi connectivity index (χ3v) is 4.14. The molecule has 1 heterocycles. The fourth-order valence-electron chi connectivity index (χ4n) is 2.46. The summed E-state index contributed by atoms with van der Waals surface area (Å²) in [6.07, 6.45) is 5.43. The van der Waals surface area contributed by atoms with Gasteiger partial charge in [-0.1, -0.05) is 79.0 Å². The zero-order chi connectivity index (χ0) is 17.2. The fourth-order valence-corrected chi connectivity index (χ4v) is 3.03. The van der Waals surface area contributed by atoms with Crippen molar-refractivity contribution in [2.75, 3.05) is 0 Å². The zero-order valence-electron chi connectivity index (χ0n) is 13.6. The molecule has 0 saturated carbocycles. The summed E-state index contributed by atoms with van der Waals surface area (Å²) in [5, 5.41) is 5.54. The second-order valence-corrected chi connectivity index (χ2v) is 6.27. The lowest BCUT2D eigenvalue weighted by Gasteiger charge is -2.18. The van der Waals surface area contributed by atoms with Crippen LogP contribution in [-0.2, 0) is 6.54 Å². The second kappa shape index (κ2) is 10.1. The molecule has 3 rings (SSSR count). The van der Waals surface area contributed by atoms with Gasteiger partial charge in [0.1, 0.15) is 12.7 Å². The van der Waals surface area contributed by atoms with E-state index in [9.17, 15) is 0 Å². The van der Waals surface area contributed by atoms with Crippen LogP contribution < -0.4 is 0 Å². The molecular formula is C19H21Cl2N3. The third-order valence-electron chi connectivity index (χ3n) is 3.58. The maximum Gasteiger partial charge on any atom is 0.137 e. The normalized spacial score (nSPS) is 11.5. The molecule has 0 fully saturated rings. The molecule has 0 N–H and O–H groups in total. The van der Waals surface area contributed by atoms with E-state index in [1.165, 1.54) is 0 Å². The summed E-state index contributed by atoms with van der Waals surface area (Å²) < 4.78 is 1.84. The van der Waals surface area contributed by atoms with Crippen molar-refractivity contribution in [2.45, 2.75) is 32.2 Å². The topological polar surface area (TPSA) is 30.7 Å². The van der Waals surface area contributed by atoms with Gasteiger partial charge in [0.2, 0.25) is 0 Å². The highest BCUT2D eigenvalue weighted by Gasteiger charge is 2.15. The summed E-state index contributed by atoms with van der Waals surface area (Å²) in [5.74, 6) is 0.335. The number of nitrogens with zero attached hydrogens (tertiary/aromatic N) is 3. The van der Waals surface area contributed by atoms with Crippen LogP contribution in [0.25, 0.3) is 0 Å². The average Bonchev–Trinajstić information content (AvgIpc) is 3.10. The van der Waals surface area contributed by atoms with Crippen LogP contribution in [0.5, 0.6) is 0 Å². The van der Waals surface area contributed by atoms with Gasteiger partial charge in [-0.05, 0) is 24.1 Å². The van der Waals surface area contributed by atoms with Gasteiger partial charge in [0.25, 0.3) is 0 Å². The van der Waals surface area contributed by atoms with E-state index in [-0.39, 0.29) is 0 Å². The Hall–Kier alpha value is -1.84. The summed E-state index contributed by atoms with van der Waals surface area (Å²) in [7, 11) is 0. The number of aromatic nitrogens is 3. The van der Waals surface area contributed by atoms with Crippen LogP contribution in [0.3, 0.4) is 0 Å². The van der Waals surface area contributed by atoms with Gasteiger partial charge in [-0.2, -0.15) is 5.10 Å². The number of rotatable bonds is 5. The van der Waals surface area contributed by atoms with Crippen LogP contribution in [-0.4, -0.2) is 14.8 Å². The van der Waals surface area contributed by atoms with Crippen LogP contribution in [0.1, 0.15) is 31.2 Å². The van der Waals surface area contributed by atoms with Crippen LogP contribution in [0.15, 0.2) is 67.3 Å². The van der Waals surface area contributed by atoms with E-state index in [1.807, 2.05) is 53.2 Å². The zero-order valence-corrected chi connectivity index (χ0v) is 15.2. The fraction of sp³-hybridized carbons (Fsp3) is 0.263. The first-order valence-corrected chi connectivity index (χ1v) is 8.73. The number of hydrogen-bond acceptors (Lipinski definition) is 2. The minimum Gasteiger partial charge on any atom is -0.252 e. The Morgan fingerprint density at radius 3 is 2.21 bits per heavy atom. The van der Waals surface area contributed by atoms with E-state index in [2.05, 4.69) is 17.0 Å². The monoisotopic (exact) mass is 361 g/mol. The van der Waals surface area contributed by atoms with Crippen LogP contribution in [0, 0.1) is 0 Å². The van der Waals surface area contributed by atoms with E-state index in [0.29, 0.717) is 10.9 Å². The number of benzene rings is 2. The molecule has 0 bridgehead atoms. The van der Waals surface area contributed by atoms with Gasteiger partial charge in [0.15, 0.2) is 0 Å². The van der Waals surface area contributed by atoms with Crippen molar-refractivity contribution in [1.82, 2.24) is 14.8 Å². The first kappa shape index (κ1) is 18.5. The molecule has 1 unspecified atom stereocenters. The van der Waals surface area contributed by atoms with Gasteiger partial charge in [-0.15, -0.1) is 0 Å². The van der Waals surface area contributed by atoms with Gasteiger partial charge < -0.3 is 0 Å². The van der Waals surface area contributed by atoms with E-state index in [4.69, 9.17) is 23.2 Å². The number of halogens is 2. The van der Waals surface area contributed by atoms with E-state index in [1.54, 1.807) is 18.7 Å². The van der Waals surface area contributed by atoms with Crippen molar-refractivity contribution in [3.8, 4) is 0 Å². The third kappa shape index (κ3) is 5.99.